The zero-order valence-electron chi connectivity index (χ0n) is 19.3. The molecule has 0 aliphatic rings. The summed E-state index contributed by atoms with van der Waals surface area (Å²) in [5, 5.41) is 11.4. The van der Waals surface area contributed by atoms with Gasteiger partial charge in [0.2, 0.25) is 0 Å². The molecule has 0 unspecified atom stereocenters. The van der Waals surface area contributed by atoms with Crippen molar-refractivity contribution < 1.29 is 9.47 Å². The van der Waals surface area contributed by atoms with Crippen LogP contribution in [0.4, 0.5) is 0 Å². The number of benzene rings is 2. The van der Waals surface area contributed by atoms with Gasteiger partial charge in [0.05, 0.1) is 32.1 Å². The van der Waals surface area contributed by atoms with E-state index in [9.17, 15) is 0 Å². The van der Waals surface area contributed by atoms with Crippen LogP contribution in [0.15, 0.2) is 53.5 Å². The molecule has 2 aromatic carbocycles. The summed E-state index contributed by atoms with van der Waals surface area (Å²) in [6.45, 7) is 8.06. The third-order valence-electron chi connectivity index (χ3n) is 4.89. The van der Waals surface area contributed by atoms with Crippen molar-refractivity contribution in [2.24, 2.45) is 4.99 Å². The molecule has 0 radical (unpaired) electrons. The van der Waals surface area contributed by atoms with Gasteiger partial charge < -0.3 is 20.1 Å². The van der Waals surface area contributed by atoms with Gasteiger partial charge in [-0.1, -0.05) is 24.3 Å². The van der Waals surface area contributed by atoms with Crippen LogP contribution in [0.3, 0.4) is 0 Å². The van der Waals surface area contributed by atoms with Crippen molar-refractivity contribution in [1.82, 2.24) is 20.4 Å². The molecule has 7 nitrogen and oxygen atoms in total. The summed E-state index contributed by atoms with van der Waals surface area (Å²) in [4.78, 5) is 4.73. The first-order chi connectivity index (χ1) is 15.0. The Balaban J connectivity index is 0.00000363. The third-order valence-corrected chi connectivity index (χ3v) is 4.89. The van der Waals surface area contributed by atoms with Crippen LogP contribution >= 0.6 is 24.0 Å². The zero-order chi connectivity index (χ0) is 22.2. The Bertz CT molecular complexity index is 1050. The highest BCUT2D eigenvalue weighted by molar-refractivity contribution is 14.0. The predicted molar refractivity (Wildman–Crippen MR) is 140 cm³/mol. The predicted octanol–water partition coefficient (Wildman–Crippen LogP) is 4.38. The quantitative estimate of drug-likeness (QED) is 0.248. The number of nitrogens with zero attached hydrogens (tertiary/aromatic N) is 3. The molecule has 0 spiro atoms. The SMILES string of the molecule is CCNC(=NCc1ccc(OC)c(OC)c1)NCc1ccccc1-n1nc(C)cc1C.I. The molecular formula is C24H32IN5O2. The van der Waals surface area contributed by atoms with Crippen LogP contribution in [-0.2, 0) is 13.1 Å². The van der Waals surface area contributed by atoms with E-state index in [0.717, 1.165) is 40.7 Å². The fraction of sp³-hybridized carbons (Fsp3) is 0.333. The van der Waals surface area contributed by atoms with Gasteiger partial charge in [-0.25, -0.2) is 9.67 Å². The maximum Gasteiger partial charge on any atom is 0.191 e. The highest BCUT2D eigenvalue weighted by Crippen LogP contribution is 2.27. The summed E-state index contributed by atoms with van der Waals surface area (Å²) in [5.74, 6) is 2.16. The summed E-state index contributed by atoms with van der Waals surface area (Å²) in [6.07, 6.45) is 0. The maximum absolute atomic E-state index is 5.39. The number of aryl methyl sites for hydroxylation is 2. The number of guanidine groups is 1. The largest absolute Gasteiger partial charge is 0.493 e. The molecule has 0 aliphatic heterocycles. The molecule has 32 heavy (non-hydrogen) atoms. The molecule has 0 amide bonds. The smallest absolute Gasteiger partial charge is 0.191 e. The van der Waals surface area contributed by atoms with E-state index in [4.69, 9.17) is 14.5 Å². The van der Waals surface area contributed by atoms with Crippen LogP contribution < -0.4 is 20.1 Å². The average Bonchev–Trinajstić information content (AvgIpc) is 3.13. The van der Waals surface area contributed by atoms with E-state index in [1.165, 1.54) is 0 Å². The number of aliphatic imine (C=N–C) groups is 1. The number of aromatic nitrogens is 2. The summed E-state index contributed by atoms with van der Waals surface area (Å²) in [6, 6.07) is 16.2. The molecule has 0 saturated carbocycles. The van der Waals surface area contributed by atoms with E-state index in [1.54, 1.807) is 14.2 Å². The summed E-state index contributed by atoms with van der Waals surface area (Å²) in [7, 11) is 3.27. The summed E-state index contributed by atoms with van der Waals surface area (Å²) >= 11 is 0. The molecular weight excluding hydrogens is 517 g/mol. The lowest BCUT2D eigenvalue weighted by Gasteiger charge is -2.15. The summed E-state index contributed by atoms with van der Waals surface area (Å²) < 4.78 is 12.7. The van der Waals surface area contributed by atoms with Gasteiger partial charge in [-0.2, -0.15) is 5.10 Å². The van der Waals surface area contributed by atoms with E-state index in [2.05, 4.69) is 47.8 Å². The lowest BCUT2D eigenvalue weighted by molar-refractivity contribution is 0.354. The van der Waals surface area contributed by atoms with Gasteiger partial charge in [0.25, 0.3) is 0 Å². The van der Waals surface area contributed by atoms with Crippen molar-refractivity contribution in [2.75, 3.05) is 20.8 Å². The molecule has 2 N–H and O–H groups in total. The van der Waals surface area contributed by atoms with Gasteiger partial charge in [0, 0.05) is 18.8 Å². The molecule has 0 fully saturated rings. The van der Waals surface area contributed by atoms with Crippen molar-refractivity contribution in [2.45, 2.75) is 33.9 Å². The lowest BCUT2D eigenvalue weighted by atomic mass is 10.1. The number of hydrogen-bond donors (Lipinski definition) is 2. The molecule has 1 aromatic heterocycles. The first-order valence-corrected chi connectivity index (χ1v) is 10.4. The maximum atomic E-state index is 5.39. The number of methoxy groups -OCH3 is 2. The minimum atomic E-state index is 0. The monoisotopic (exact) mass is 549 g/mol. The van der Waals surface area contributed by atoms with E-state index in [1.807, 2.05) is 41.9 Å². The molecule has 0 atom stereocenters. The standard InChI is InChI=1S/C24H31N5O2.HI/c1-6-25-24(26-15-19-11-12-22(30-4)23(14-19)31-5)27-16-20-9-7-8-10-21(20)29-18(3)13-17(2)28-29;/h7-14H,6,15-16H2,1-5H3,(H2,25,26,27);1H. The van der Waals surface area contributed by atoms with Gasteiger partial charge in [-0.05, 0) is 56.2 Å². The van der Waals surface area contributed by atoms with Crippen molar-refractivity contribution in [1.29, 1.82) is 0 Å². The lowest BCUT2D eigenvalue weighted by Crippen LogP contribution is -2.37. The number of nitrogens with one attached hydrogen (secondary N) is 2. The molecule has 8 heteroatoms. The molecule has 0 saturated heterocycles. The Morgan fingerprint density at radius 2 is 1.75 bits per heavy atom. The fourth-order valence-corrected chi connectivity index (χ4v) is 3.41. The second-order valence-electron chi connectivity index (χ2n) is 7.21. The number of hydrogen-bond acceptors (Lipinski definition) is 4. The normalized spacial score (nSPS) is 11.0. The summed E-state index contributed by atoms with van der Waals surface area (Å²) in [5.41, 5.74) is 5.36. The molecule has 1 heterocycles. The van der Waals surface area contributed by atoms with E-state index in [-0.39, 0.29) is 24.0 Å². The highest BCUT2D eigenvalue weighted by atomic mass is 127. The molecule has 172 valence electrons. The number of ether oxygens (including phenoxy) is 2. The second kappa shape index (κ2) is 12.3. The van der Waals surface area contributed by atoms with Gasteiger partial charge >= 0.3 is 0 Å². The van der Waals surface area contributed by atoms with E-state index >= 15 is 0 Å². The number of rotatable bonds is 8. The van der Waals surface area contributed by atoms with Crippen molar-refractivity contribution >= 4 is 29.9 Å². The highest BCUT2D eigenvalue weighted by Gasteiger charge is 2.10. The molecule has 3 rings (SSSR count). The first kappa shape index (κ1) is 25.5. The second-order valence-corrected chi connectivity index (χ2v) is 7.21. The minimum absolute atomic E-state index is 0. The van der Waals surface area contributed by atoms with Crippen LogP contribution in [0.25, 0.3) is 5.69 Å². The van der Waals surface area contributed by atoms with Gasteiger partial charge in [0.15, 0.2) is 17.5 Å². The van der Waals surface area contributed by atoms with Crippen LogP contribution in [0.5, 0.6) is 11.5 Å². The first-order valence-electron chi connectivity index (χ1n) is 10.4. The minimum Gasteiger partial charge on any atom is -0.493 e. The molecule has 3 aromatic rings. The van der Waals surface area contributed by atoms with Crippen molar-refractivity contribution in [3.63, 3.8) is 0 Å². The Hall–Kier alpha value is -2.75. The Morgan fingerprint density at radius 1 is 1.00 bits per heavy atom. The van der Waals surface area contributed by atoms with Crippen molar-refractivity contribution in [3.8, 4) is 17.2 Å². The Labute approximate surface area is 207 Å². The average molecular weight is 549 g/mol. The number of halogens is 1. The molecule has 0 bridgehead atoms. The topological polar surface area (TPSA) is 72.7 Å². The zero-order valence-corrected chi connectivity index (χ0v) is 21.6. The van der Waals surface area contributed by atoms with Crippen LogP contribution in [-0.4, -0.2) is 36.5 Å². The van der Waals surface area contributed by atoms with Crippen molar-refractivity contribution in [3.05, 3.63) is 71.0 Å². The fourth-order valence-electron chi connectivity index (χ4n) is 3.41. The van der Waals surface area contributed by atoms with Crippen LogP contribution in [0.1, 0.15) is 29.4 Å². The van der Waals surface area contributed by atoms with Crippen LogP contribution in [0, 0.1) is 13.8 Å². The van der Waals surface area contributed by atoms with E-state index < -0.39 is 0 Å². The van der Waals surface area contributed by atoms with Gasteiger partial charge in [0.1, 0.15) is 0 Å². The van der Waals surface area contributed by atoms with Gasteiger partial charge in [-0.15, -0.1) is 24.0 Å². The third kappa shape index (κ3) is 6.38. The van der Waals surface area contributed by atoms with E-state index in [0.29, 0.717) is 24.6 Å². The molecule has 0 aliphatic carbocycles. The van der Waals surface area contributed by atoms with Crippen LogP contribution in [0.2, 0.25) is 0 Å². The number of para-hydroxylation sites is 1. The Morgan fingerprint density at radius 3 is 2.41 bits per heavy atom. The van der Waals surface area contributed by atoms with Gasteiger partial charge in [-0.3, -0.25) is 0 Å². The Kier molecular flexibility index (Phi) is 9.83.